The fraction of sp³-hybridized carbons (Fsp3) is 0.889. The molecule has 14 heavy (non-hydrogen) atoms. The second kappa shape index (κ2) is 4.72. The van der Waals surface area contributed by atoms with Crippen LogP contribution >= 0.6 is 0 Å². The standard InChI is InChI=1S/C9H17NO4/c1-2-3-6(9(13)14)10-4-7(11)8(12)5-10/h6-8,11-12H,2-5H2,1H3,(H,13,14)/t6?,7-,8+. The van der Waals surface area contributed by atoms with Crippen molar-refractivity contribution in [3.63, 3.8) is 0 Å². The van der Waals surface area contributed by atoms with Crippen molar-refractivity contribution in [2.45, 2.75) is 38.0 Å². The predicted molar refractivity (Wildman–Crippen MR) is 49.9 cm³/mol. The SMILES string of the molecule is CCCC(C(=O)O)N1C[C@@H](O)[C@@H](O)C1. The van der Waals surface area contributed by atoms with Gasteiger partial charge in [-0.3, -0.25) is 9.69 Å². The van der Waals surface area contributed by atoms with Crippen molar-refractivity contribution in [3.8, 4) is 0 Å². The molecule has 1 rings (SSSR count). The first-order valence-electron chi connectivity index (χ1n) is 4.89. The first kappa shape index (κ1) is 11.4. The third-order valence-corrected chi connectivity index (χ3v) is 2.58. The van der Waals surface area contributed by atoms with Crippen LogP contribution in [-0.2, 0) is 4.79 Å². The Morgan fingerprint density at radius 3 is 2.29 bits per heavy atom. The summed E-state index contributed by atoms with van der Waals surface area (Å²) in [5.74, 6) is -0.881. The molecule has 5 heteroatoms. The number of carboxylic acids is 1. The number of aliphatic carboxylic acids is 1. The Morgan fingerprint density at radius 1 is 1.43 bits per heavy atom. The van der Waals surface area contributed by atoms with Crippen LogP contribution in [0.2, 0.25) is 0 Å². The number of hydrogen-bond acceptors (Lipinski definition) is 4. The molecule has 0 amide bonds. The average molecular weight is 203 g/mol. The van der Waals surface area contributed by atoms with Crippen molar-refractivity contribution in [1.29, 1.82) is 0 Å². The van der Waals surface area contributed by atoms with E-state index in [2.05, 4.69) is 0 Å². The maximum absolute atomic E-state index is 10.9. The summed E-state index contributed by atoms with van der Waals surface area (Å²) in [5.41, 5.74) is 0. The van der Waals surface area contributed by atoms with Crippen molar-refractivity contribution in [2.24, 2.45) is 0 Å². The van der Waals surface area contributed by atoms with Gasteiger partial charge in [-0.05, 0) is 6.42 Å². The van der Waals surface area contributed by atoms with Gasteiger partial charge < -0.3 is 15.3 Å². The lowest BCUT2D eigenvalue weighted by atomic mass is 10.1. The van der Waals surface area contributed by atoms with E-state index in [4.69, 9.17) is 5.11 Å². The number of carbonyl (C=O) groups is 1. The van der Waals surface area contributed by atoms with Crippen molar-refractivity contribution in [1.82, 2.24) is 4.90 Å². The summed E-state index contributed by atoms with van der Waals surface area (Å²) >= 11 is 0. The molecule has 1 fully saturated rings. The minimum Gasteiger partial charge on any atom is -0.480 e. The van der Waals surface area contributed by atoms with Crippen molar-refractivity contribution >= 4 is 5.97 Å². The highest BCUT2D eigenvalue weighted by molar-refractivity contribution is 5.73. The normalized spacial score (nSPS) is 30.5. The zero-order valence-corrected chi connectivity index (χ0v) is 8.26. The Bertz CT molecular complexity index is 199. The van der Waals surface area contributed by atoms with E-state index in [-0.39, 0.29) is 13.1 Å². The van der Waals surface area contributed by atoms with Gasteiger partial charge in [0.05, 0.1) is 12.2 Å². The first-order chi connectivity index (χ1) is 6.56. The van der Waals surface area contributed by atoms with Crippen LogP contribution in [0.5, 0.6) is 0 Å². The van der Waals surface area contributed by atoms with E-state index < -0.39 is 24.2 Å². The van der Waals surface area contributed by atoms with Gasteiger partial charge in [-0.15, -0.1) is 0 Å². The first-order valence-corrected chi connectivity index (χ1v) is 4.89. The molecular formula is C9H17NO4. The van der Waals surface area contributed by atoms with Crippen molar-refractivity contribution in [3.05, 3.63) is 0 Å². The number of nitrogens with zero attached hydrogens (tertiary/aromatic N) is 1. The Labute approximate surface area is 83.0 Å². The number of β-amino-alcohol motifs (C(OH)–C–C–N with tert-alkyl or cyclic N) is 2. The third kappa shape index (κ3) is 2.43. The molecule has 82 valence electrons. The van der Waals surface area contributed by atoms with E-state index in [1.807, 2.05) is 6.92 Å². The number of carboxylic acid groups (broad SMARTS) is 1. The number of aliphatic hydroxyl groups is 2. The van der Waals surface area contributed by atoms with Gasteiger partial charge in [0.15, 0.2) is 0 Å². The number of likely N-dealkylation sites (tertiary alicyclic amines) is 1. The molecule has 1 unspecified atom stereocenters. The largest absolute Gasteiger partial charge is 0.480 e. The molecule has 1 saturated heterocycles. The van der Waals surface area contributed by atoms with Gasteiger partial charge in [0, 0.05) is 13.1 Å². The number of aliphatic hydroxyl groups excluding tert-OH is 2. The molecule has 5 nitrogen and oxygen atoms in total. The molecule has 0 saturated carbocycles. The molecule has 0 spiro atoms. The summed E-state index contributed by atoms with van der Waals surface area (Å²) in [5, 5.41) is 27.5. The van der Waals surface area contributed by atoms with Gasteiger partial charge in [-0.25, -0.2) is 0 Å². The van der Waals surface area contributed by atoms with E-state index in [0.717, 1.165) is 6.42 Å². The molecule has 0 bridgehead atoms. The van der Waals surface area contributed by atoms with E-state index >= 15 is 0 Å². The molecule has 0 radical (unpaired) electrons. The van der Waals surface area contributed by atoms with Crippen molar-refractivity contribution in [2.75, 3.05) is 13.1 Å². The van der Waals surface area contributed by atoms with E-state index in [9.17, 15) is 15.0 Å². The highest BCUT2D eigenvalue weighted by Gasteiger charge is 2.36. The molecule has 0 aliphatic carbocycles. The highest BCUT2D eigenvalue weighted by atomic mass is 16.4. The molecule has 1 aliphatic heterocycles. The summed E-state index contributed by atoms with van der Waals surface area (Å²) in [6.45, 7) is 2.41. The lowest BCUT2D eigenvalue weighted by molar-refractivity contribution is -0.143. The van der Waals surface area contributed by atoms with Crippen LogP contribution in [0.3, 0.4) is 0 Å². The maximum atomic E-state index is 10.9. The molecule has 3 atom stereocenters. The van der Waals surface area contributed by atoms with Crippen LogP contribution in [0, 0.1) is 0 Å². The molecule has 3 N–H and O–H groups in total. The summed E-state index contributed by atoms with van der Waals surface area (Å²) in [7, 11) is 0. The summed E-state index contributed by atoms with van der Waals surface area (Å²) in [6, 6.07) is -0.577. The lowest BCUT2D eigenvalue weighted by Gasteiger charge is -2.22. The third-order valence-electron chi connectivity index (χ3n) is 2.58. The predicted octanol–water partition coefficient (Wildman–Crippen LogP) is -0.723. The summed E-state index contributed by atoms with van der Waals surface area (Å²) in [6.07, 6.45) is -0.295. The molecule has 1 heterocycles. The monoisotopic (exact) mass is 203 g/mol. The quantitative estimate of drug-likeness (QED) is 0.561. The Balaban J connectivity index is 2.57. The van der Waals surface area contributed by atoms with Crippen LogP contribution in [0.1, 0.15) is 19.8 Å². The molecule has 1 aliphatic rings. The summed E-state index contributed by atoms with van der Waals surface area (Å²) in [4.78, 5) is 12.5. The van der Waals surface area contributed by atoms with Crippen LogP contribution in [0.15, 0.2) is 0 Å². The second-order valence-corrected chi connectivity index (χ2v) is 3.73. The van der Waals surface area contributed by atoms with E-state index in [1.165, 1.54) is 0 Å². The topological polar surface area (TPSA) is 81.0 Å². The van der Waals surface area contributed by atoms with Gasteiger partial charge in [0.25, 0.3) is 0 Å². The Hall–Kier alpha value is -0.650. The van der Waals surface area contributed by atoms with Crippen LogP contribution in [-0.4, -0.2) is 57.5 Å². The average Bonchev–Trinajstić information content (AvgIpc) is 2.42. The van der Waals surface area contributed by atoms with Gasteiger partial charge in [0.1, 0.15) is 6.04 Å². The fourth-order valence-electron chi connectivity index (χ4n) is 1.79. The molecular weight excluding hydrogens is 186 g/mol. The maximum Gasteiger partial charge on any atom is 0.320 e. The second-order valence-electron chi connectivity index (χ2n) is 3.73. The molecule has 0 aromatic carbocycles. The fourth-order valence-corrected chi connectivity index (χ4v) is 1.79. The van der Waals surface area contributed by atoms with Gasteiger partial charge in [-0.2, -0.15) is 0 Å². The van der Waals surface area contributed by atoms with E-state index in [1.54, 1.807) is 4.90 Å². The molecule has 0 aromatic rings. The number of hydrogen-bond donors (Lipinski definition) is 3. The van der Waals surface area contributed by atoms with E-state index in [0.29, 0.717) is 6.42 Å². The van der Waals surface area contributed by atoms with Crippen LogP contribution in [0.25, 0.3) is 0 Å². The number of rotatable bonds is 4. The lowest BCUT2D eigenvalue weighted by Crippen LogP contribution is -2.40. The zero-order valence-electron chi connectivity index (χ0n) is 8.26. The highest BCUT2D eigenvalue weighted by Crippen LogP contribution is 2.16. The Morgan fingerprint density at radius 2 is 1.93 bits per heavy atom. The summed E-state index contributed by atoms with van der Waals surface area (Å²) < 4.78 is 0. The van der Waals surface area contributed by atoms with Gasteiger partial charge >= 0.3 is 5.97 Å². The minimum atomic E-state index is -0.881. The van der Waals surface area contributed by atoms with Gasteiger partial charge in [-0.1, -0.05) is 13.3 Å². The van der Waals surface area contributed by atoms with Crippen LogP contribution in [0.4, 0.5) is 0 Å². The minimum absolute atomic E-state index is 0.248. The van der Waals surface area contributed by atoms with Crippen molar-refractivity contribution < 1.29 is 20.1 Å². The Kier molecular flexibility index (Phi) is 3.86. The molecule has 0 aromatic heterocycles. The smallest absolute Gasteiger partial charge is 0.320 e. The zero-order chi connectivity index (χ0) is 10.7. The van der Waals surface area contributed by atoms with Gasteiger partial charge in [0.2, 0.25) is 0 Å². The van der Waals surface area contributed by atoms with Crippen LogP contribution < -0.4 is 0 Å².